The van der Waals surface area contributed by atoms with Crippen LogP contribution in [0.3, 0.4) is 0 Å². The van der Waals surface area contributed by atoms with Crippen molar-refractivity contribution in [3.8, 4) is 11.4 Å². The second-order valence-corrected chi connectivity index (χ2v) is 9.29. The van der Waals surface area contributed by atoms with Crippen molar-refractivity contribution in [3.05, 3.63) is 112 Å². The molecule has 2 unspecified atom stereocenters. The first-order chi connectivity index (χ1) is 17.6. The van der Waals surface area contributed by atoms with E-state index in [4.69, 9.17) is 4.74 Å². The molecule has 0 aliphatic carbocycles. The molecule has 0 radical (unpaired) electrons. The molecule has 8 heteroatoms. The third kappa shape index (κ3) is 4.73. The molecule has 3 aromatic carbocycles. The number of rotatable bonds is 8. The number of aromatic nitrogens is 2. The van der Waals surface area contributed by atoms with Crippen molar-refractivity contribution in [2.24, 2.45) is 0 Å². The van der Waals surface area contributed by atoms with Gasteiger partial charge in [-0.25, -0.2) is 9.07 Å². The van der Waals surface area contributed by atoms with Crippen molar-refractivity contribution in [3.63, 3.8) is 0 Å². The molecule has 0 spiro atoms. The second-order valence-electron chi connectivity index (χ2n) is 8.35. The number of fused-ring (bicyclic) bond motifs is 1. The molecule has 0 aliphatic rings. The molecule has 0 fully saturated rings. The number of amides is 1. The highest BCUT2D eigenvalue weighted by molar-refractivity contribution is 7.12. The highest BCUT2D eigenvalue weighted by Gasteiger charge is 2.28. The summed E-state index contributed by atoms with van der Waals surface area (Å²) in [6, 6.07) is 22.7. The van der Waals surface area contributed by atoms with Crippen molar-refractivity contribution in [2.45, 2.75) is 12.0 Å². The van der Waals surface area contributed by atoms with Gasteiger partial charge in [0.1, 0.15) is 11.6 Å². The van der Waals surface area contributed by atoms with Crippen LogP contribution in [0, 0.1) is 5.82 Å². The Morgan fingerprint density at radius 3 is 2.61 bits per heavy atom. The minimum absolute atomic E-state index is 0.234. The van der Waals surface area contributed by atoms with Gasteiger partial charge < -0.3 is 15.2 Å². The molecule has 5 rings (SSSR count). The number of ether oxygens (including phenoxy) is 1. The molecule has 2 N–H and O–H groups in total. The van der Waals surface area contributed by atoms with E-state index in [1.165, 1.54) is 23.5 Å². The smallest absolute Gasteiger partial charge is 0.261 e. The highest BCUT2D eigenvalue weighted by Crippen LogP contribution is 2.33. The summed E-state index contributed by atoms with van der Waals surface area (Å²) in [6.07, 6.45) is 1.75. The van der Waals surface area contributed by atoms with Gasteiger partial charge in [0.2, 0.25) is 0 Å². The van der Waals surface area contributed by atoms with Gasteiger partial charge in [0.05, 0.1) is 42.0 Å². The van der Waals surface area contributed by atoms with Crippen molar-refractivity contribution in [2.75, 3.05) is 13.7 Å². The normalized spacial score (nSPS) is 12.9. The first kappa shape index (κ1) is 23.7. The molecule has 36 heavy (non-hydrogen) atoms. The Kier molecular flexibility index (Phi) is 6.79. The number of hydrogen-bond acceptors (Lipinski definition) is 5. The third-order valence-corrected chi connectivity index (χ3v) is 7.00. The maximum Gasteiger partial charge on any atom is 0.261 e. The van der Waals surface area contributed by atoms with E-state index in [1.54, 1.807) is 36.2 Å². The van der Waals surface area contributed by atoms with E-state index < -0.39 is 6.04 Å². The van der Waals surface area contributed by atoms with Gasteiger partial charge in [-0.2, -0.15) is 5.10 Å². The van der Waals surface area contributed by atoms with Crippen LogP contribution in [0.1, 0.15) is 26.7 Å². The molecule has 0 bridgehead atoms. The fraction of sp³-hybridized carbons (Fsp3) is 0.143. The SMILES string of the molecule is COc1cccc(C(c2ccc3c(cnn3-c3ccc(F)cc3)c2)C(CO)NC(=O)c2cccs2)c1. The van der Waals surface area contributed by atoms with Crippen LogP contribution >= 0.6 is 11.3 Å². The zero-order valence-electron chi connectivity index (χ0n) is 19.5. The van der Waals surface area contributed by atoms with Crippen LogP contribution in [0.2, 0.25) is 0 Å². The molecule has 5 aromatic rings. The number of nitrogens with one attached hydrogen (secondary N) is 1. The minimum Gasteiger partial charge on any atom is -0.497 e. The van der Waals surface area contributed by atoms with Gasteiger partial charge >= 0.3 is 0 Å². The van der Waals surface area contributed by atoms with Crippen molar-refractivity contribution in [1.82, 2.24) is 15.1 Å². The number of benzene rings is 3. The zero-order chi connectivity index (χ0) is 25.1. The van der Waals surface area contributed by atoms with Crippen LogP contribution < -0.4 is 10.1 Å². The maximum absolute atomic E-state index is 13.4. The van der Waals surface area contributed by atoms with Crippen LogP contribution in [-0.4, -0.2) is 40.6 Å². The van der Waals surface area contributed by atoms with Gasteiger partial charge in [-0.05, 0) is 71.1 Å². The van der Waals surface area contributed by atoms with Crippen molar-refractivity contribution >= 4 is 28.1 Å². The number of hydrogen-bond donors (Lipinski definition) is 2. The molecule has 0 saturated heterocycles. The topological polar surface area (TPSA) is 76.4 Å². The summed E-state index contributed by atoms with van der Waals surface area (Å²) in [5.41, 5.74) is 3.41. The number of halogens is 1. The summed E-state index contributed by atoms with van der Waals surface area (Å²) >= 11 is 1.35. The number of methoxy groups -OCH3 is 1. The Bertz CT molecular complexity index is 1480. The highest BCUT2D eigenvalue weighted by atomic mass is 32.1. The molecule has 6 nitrogen and oxygen atoms in total. The second kappa shape index (κ2) is 10.3. The van der Waals surface area contributed by atoms with Crippen LogP contribution in [0.15, 0.2) is 90.4 Å². The summed E-state index contributed by atoms with van der Waals surface area (Å²) in [4.78, 5) is 13.5. The summed E-state index contributed by atoms with van der Waals surface area (Å²) < 4.78 is 20.6. The van der Waals surface area contributed by atoms with Gasteiger partial charge in [0, 0.05) is 11.3 Å². The summed E-state index contributed by atoms with van der Waals surface area (Å²) in [5, 5.41) is 20.6. The Hall–Kier alpha value is -4.01. The monoisotopic (exact) mass is 501 g/mol. The summed E-state index contributed by atoms with van der Waals surface area (Å²) in [5.74, 6) is -0.211. The Morgan fingerprint density at radius 2 is 1.89 bits per heavy atom. The van der Waals surface area contributed by atoms with Gasteiger partial charge in [0.15, 0.2) is 0 Å². The van der Waals surface area contributed by atoms with Crippen LogP contribution in [0.25, 0.3) is 16.6 Å². The lowest BCUT2D eigenvalue weighted by molar-refractivity contribution is 0.0914. The van der Waals surface area contributed by atoms with Crippen molar-refractivity contribution < 1.29 is 19.0 Å². The molecular weight excluding hydrogens is 477 g/mol. The van der Waals surface area contributed by atoms with E-state index in [9.17, 15) is 14.3 Å². The van der Waals surface area contributed by atoms with E-state index in [0.29, 0.717) is 10.6 Å². The fourth-order valence-electron chi connectivity index (χ4n) is 4.41. The van der Waals surface area contributed by atoms with Gasteiger partial charge in [0.25, 0.3) is 5.91 Å². The molecule has 182 valence electrons. The molecule has 1 amide bonds. The van der Waals surface area contributed by atoms with E-state index in [2.05, 4.69) is 10.4 Å². The lowest BCUT2D eigenvalue weighted by Crippen LogP contribution is -2.42. The van der Waals surface area contributed by atoms with Gasteiger partial charge in [-0.1, -0.05) is 24.3 Å². The standard InChI is InChI=1S/C28H24FN3O3S/c1-35-23-5-2-4-18(15-23)27(24(17-33)31-28(34)26-6-3-13-36-26)19-7-12-25-20(14-19)16-30-32(25)22-10-8-21(29)9-11-22/h2-16,24,27,33H,17H2,1H3,(H,31,34). The predicted octanol–water partition coefficient (Wildman–Crippen LogP) is 5.16. The average Bonchev–Trinajstić information content (AvgIpc) is 3.59. The van der Waals surface area contributed by atoms with Gasteiger partial charge in [-0.15, -0.1) is 11.3 Å². The first-order valence-electron chi connectivity index (χ1n) is 11.4. The molecule has 0 saturated carbocycles. The number of aliphatic hydroxyl groups is 1. The Morgan fingerprint density at radius 1 is 1.08 bits per heavy atom. The van der Waals surface area contributed by atoms with Crippen molar-refractivity contribution in [1.29, 1.82) is 0 Å². The van der Waals surface area contributed by atoms with Crippen LogP contribution in [0.4, 0.5) is 4.39 Å². The number of carbonyl (C=O) groups is 1. The predicted molar refractivity (Wildman–Crippen MR) is 139 cm³/mol. The molecule has 2 heterocycles. The Balaban J connectivity index is 1.56. The lowest BCUT2D eigenvalue weighted by Gasteiger charge is -2.28. The fourth-order valence-corrected chi connectivity index (χ4v) is 5.03. The van der Waals surface area contributed by atoms with E-state index in [1.807, 2.05) is 53.9 Å². The number of thiophene rings is 1. The zero-order valence-corrected chi connectivity index (χ0v) is 20.3. The molecular formula is C28H24FN3O3S. The third-order valence-electron chi connectivity index (χ3n) is 6.14. The lowest BCUT2D eigenvalue weighted by atomic mass is 9.84. The quantitative estimate of drug-likeness (QED) is 0.308. The van der Waals surface area contributed by atoms with Gasteiger partial charge in [-0.3, -0.25) is 4.79 Å². The average molecular weight is 502 g/mol. The van der Waals surface area contributed by atoms with Crippen LogP contribution in [-0.2, 0) is 0 Å². The van der Waals surface area contributed by atoms with E-state index >= 15 is 0 Å². The number of carbonyl (C=O) groups excluding carboxylic acids is 1. The van der Waals surface area contributed by atoms with E-state index in [-0.39, 0.29) is 24.2 Å². The van der Waals surface area contributed by atoms with E-state index in [0.717, 1.165) is 27.7 Å². The maximum atomic E-state index is 13.4. The largest absolute Gasteiger partial charge is 0.497 e. The summed E-state index contributed by atoms with van der Waals surface area (Å²) in [7, 11) is 1.60. The minimum atomic E-state index is -0.587. The number of aliphatic hydroxyl groups excluding tert-OH is 1. The Labute approximate surface area is 211 Å². The molecule has 2 atom stereocenters. The summed E-state index contributed by atoms with van der Waals surface area (Å²) in [6.45, 7) is -0.258. The molecule has 0 aliphatic heterocycles. The van der Waals surface area contributed by atoms with Crippen LogP contribution in [0.5, 0.6) is 5.75 Å². The molecule has 2 aromatic heterocycles. The first-order valence-corrected chi connectivity index (χ1v) is 12.3. The number of nitrogens with zero attached hydrogens (tertiary/aromatic N) is 2.